The first kappa shape index (κ1) is 12.4. The molecule has 0 aliphatic heterocycles. The fraction of sp³-hybridized carbons (Fsp3) is 0.385. The highest BCUT2D eigenvalue weighted by Crippen LogP contribution is 2.17. The monoisotopic (exact) mass is 250 g/mol. The lowest BCUT2D eigenvalue weighted by Gasteiger charge is -2.23. The molecule has 0 aliphatic carbocycles. The van der Waals surface area contributed by atoms with Gasteiger partial charge in [0.2, 0.25) is 0 Å². The molecule has 0 radical (unpaired) electrons. The number of hydrogen-bond donors (Lipinski definition) is 0. The van der Waals surface area contributed by atoms with Gasteiger partial charge in [-0.05, 0) is 32.5 Å². The highest BCUT2D eigenvalue weighted by atomic mass is 28.4. The van der Waals surface area contributed by atoms with Gasteiger partial charge in [0, 0.05) is 18.6 Å². The molecule has 0 fully saturated rings. The molecule has 0 spiro atoms. The van der Waals surface area contributed by atoms with Gasteiger partial charge in [-0.2, -0.15) is 0 Å². The summed E-state index contributed by atoms with van der Waals surface area (Å²) in [5, 5.41) is 1.95. The van der Waals surface area contributed by atoms with E-state index in [4.69, 9.17) is 13.3 Å². The Morgan fingerprint density at radius 2 is 1.76 bits per heavy atom. The minimum absolute atomic E-state index is 0.639. The maximum atomic E-state index is 5.85. The number of para-hydroxylation sites is 1. The van der Waals surface area contributed by atoms with Crippen molar-refractivity contribution in [2.24, 2.45) is 0 Å². The van der Waals surface area contributed by atoms with E-state index in [1.807, 2.05) is 50.7 Å². The maximum Gasteiger partial charge on any atom is 0.406 e. The van der Waals surface area contributed by atoms with Crippen molar-refractivity contribution < 1.29 is 13.3 Å². The zero-order valence-corrected chi connectivity index (χ0v) is 11.5. The Morgan fingerprint density at radius 1 is 1.12 bits per heavy atom. The number of fused-ring (bicyclic) bond motifs is 1. The molecule has 1 heterocycles. The first-order valence-corrected chi connectivity index (χ1v) is 8.28. The topological polar surface area (TPSA) is 31.6 Å². The zero-order valence-electron chi connectivity index (χ0n) is 10.5. The summed E-state index contributed by atoms with van der Waals surface area (Å²) in [5.41, 5.74) is 0.889. The summed E-state index contributed by atoms with van der Waals surface area (Å²) in [4.78, 5) is 0. The second-order valence-corrected chi connectivity index (χ2v) is 6.92. The molecule has 0 bridgehead atoms. The quantitative estimate of drug-likeness (QED) is 0.765. The Hall–Kier alpha value is -1.10. The van der Waals surface area contributed by atoms with E-state index in [1.54, 1.807) is 0 Å². The Balaban J connectivity index is 2.41. The molecule has 1 aromatic heterocycles. The van der Waals surface area contributed by atoms with Gasteiger partial charge in [-0.25, -0.2) is 0 Å². The van der Waals surface area contributed by atoms with Crippen LogP contribution in [0.3, 0.4) is 0 Å². The molecule has 0 saturated heterocycles. The first-order valence-electron chi connectivity index (χ1n) is 5.96. The molecule has 0 amide bonds. The van der Waals surface area contributed by atoms with E-state index in [-0.39, 0.29) is 0 Å². The molecule has 92 valence electrons. The average Bonchev–Trinajstić information content (AvgIpc) is 2.74. The van der Waals surface area contributed by atoms with Gasteiger partial charge >= 0.3 is 8.56 Å². The molecule has 2 aromatic rings. The van der Waals surface area contributed by atoms with Gasteiger partial charge < -0.3 is 13.3 Å². The van der Waals surface area contributed by atoms with Crippen LogP contribution in [-0.2, 0) is 8.85 Å². The van der Waals surface area contributed by atoms with Gasteiger partial charge in [0.1, 0.15) is 11.0 Å². The normalized spacial score (nSPS) is 12.2. The first-order chi connectivity index (χ1) is 8.19. The van der Waals surface area contributed by atoms with Crippen molar-refractivity contribution in [3.63, 3.8) is 0 Å². The summed E-state index contributed by atoms with van der Waals surface area (Å²) < 4.78 is 17.5. The van der Waals surface area contributed by atoms with E-state index in [0.29, 0.717) is 13.2 Å². The predicted octanol–water partition coefficient (Wildman–Crippen LogP) is 2.78. The van der Waals surface area contributed by atoms with Crippen LogP contribution in [-0.4, -0.2) is 21.8 Å². The smallest absolute Gasteiger partial charge is 0.406 e. The summed E-state index contributed by atoms with van der Waals surface area (Å²) in [6, 6.07) is 10.0. The minimum Gasteiger partial charge on any atom is -0.460 e. The Kier molecular flexibility index (Phi) is 3.66. The molecular formula is C13H18O3Si. The van der Waals surface area contributed by atoms with Crippen LogP contribution in [0.25, 0.3) is 11.0 Å². The maximum absolute atomic E-state index is 5.85. The van der Waals surface area contributed by atoms with Crippen LogP contribution in [0, 0.1) is 0 Å². The second-order valence-electron chi connectivity index (χ2n) is 3.96. The van der Waals surface area contributed by atoms with Gasteiger partial charge in [0.15, 0.2) is 0 Å². The highest BCUT2D eigenvalue weighted by molar-refractivity contribution is 6.79. The highest BCUT2D eigenvalue weighted by Gasteiger charge is 2.37. The molecule has 0 atom stereocenters. The van der Waals surface area contributed by atoms with Gasteiger partial charge in [0.05, 0.1) is 0 Å². The van der Waals surface area contributed by atoms with Crippen LogP contribution in [0.15, 0.2) is 34.7 Å². The van der Waals surface area contributed by atoms with E-state index in [0.717, 1.165) is 16.4 Å². The largest absolute Gasteiger partial charge is 0.460 e. The van der Waals surface area contributed by atoms with E-state index in [9.17, 15) is 0 Å². The van der Waals surface area contributed by atoms with Crippen molar-refractivity contribution in [3.05, 3.63) is 30.3 Å². The number of rotatable bonds is 5. The third kappa shape index (κ3) is 2.44. The lowest BCUT2D eigenvalue weighted by Crippen LogP contribution is -2.50. The summed E-state index contributed by atoms with van der Waals surface area (Å²) >= 11 is 0. The van der Waals surface area contributed by atoms with Crippen LogP contribution >= 0.6 is 0 Å². The van der Waals surface area contributed by atoms with Crippen LogP contribution in [0.4, 0.5) is 0 Å². The Morgan fingerprint density at radius 3 is 2.35 bits per heavy atom. The molecule has 0 aliphatic rings. The van der Waals surface area contributed by atoms with E-state index in [1.165, 1.54) is 0 Å². The van der Waals surface area contributed by atoms with Crippen molar-refractivity contribution in [1.29, 1.82) is 0 Å². The molecule has 4 heteroatoms. The van der Waals surface area contributed by atoms with Gasteiger partial charge in [0.25, 0.3) is 0 Å². The lowest BCUT2D eigenvalue weighted by molar-refractivity contribution is 0.197. The van der Waals surface area contributed by atoms with Crippen LogP contribution < -0.4 is 5.38 Å². The number of benzene rings is 1. The molecule has 0 saturated carbocycles. The fourth-order valence-corrected chi connectivity index (χ4v) is 4.12. The summed E-state index contributed by atoms with van der Waals surface area (Å²) in [6.45, 7) is 7.26. The van der Waals surface area contributed by atoms with Crippen molar-refractivity contribution >= 4 is 24.9 Å². The van der Waals surface area contributed by atoms with E-state index >= 15 is 0 Å². The second kappa shape index (κ2) is 5.04. The zero-order chi connectivity index (χ0) is 12.3. The SMILES string of the molecule is CCO[Si](C)(OCC)c1cc2ccccc2o1. The number of hydrogen-bond acceptors (Lipinski definition) is 3. The van der Waals surface area contributed by atoms with Gasteiger partial charge in [-0.3, -0.25) is 0 Å². The van der Waals surface area contributed by atoms with Crippen molar-refractivity contribution in [2.75, 3.05) is 13.2 Å². The Labute approximate surface area is 103 Å². The predicted molar refractivity (Wildman–Crippen MR) is 70.7 cm³/mol. The van der Waals surface area contributed by atoms with Crippen LogP contribution in [0.5, 0.6) is 0 Å². The van der Waals surface area contributed by atoms with Crippen LogP contribution in [0.1, 0.15) is 13.8 Å². The van der Waals surface area contributed by atoms with Gasteiger partial charge in [-0.15, -0.1) is 0 Å². The van der Waals surface area contributed by atoms with Crippen LogP contribution in [0.2, 0.25) is 6.55 Å². The molecule has 17 heavy (non-hydrogen) atoms. The van der Waals surface area contributed by atoms with E-state index in [2.05, 4.69) is 0 Å². The van der Waals surface area contributed by atoms with Crippen molar-refractivity contribution in [3.8, 4) is 0 Å². The third-order valence-corrected chi connectivity index (χ3v) is 5.53. The van der Waals surface area contributed by atoms with Crippen molar-refractivity contribution in [1.82, 2.24) is 0 Å². The third-order valence-electron chi connectivity index (χ3n) is 2.71. The van der Waals surface area contributed by atoms with Gasteiger partial charge in [-0.1, -0.05) is 18.2 Å². The molecular weight excluding hydrogens is 232 g/mol. The molecule has 0 N–H and O–H groups in total. The average molecular weight is 250 g/mol. The molecule has 0 unspecified atom stereocenters. The van der Waals surface area contributed by atoms with E-state index < -0.39 is 8.56 Å². The lowest BCUT2D eigenvalue weighted by atomic mass is 10.3. The molecule has 3 nitrogen and oxygen atoms in total. The fourth-order valence-electron chi connectivity index (χ4n) is 1.94. The standard InChI is InChI=1S/C13H18O3Si/c1-4-14-17(3,15-5-2)13-10-11-8-6-7-9-12(11)16-13/h6-10H,4-5H2,1-3H3. The molecule has 2 rings (SSSR count). The summed E-state index contributed by atoms with van der Waals surface area (Å²) in [5.74, 6) is 0. The summed E-state index contributed by atoms with van der Waals surface area (Å²) in [6.07, 6.45) is 0. The molecule has 1 aromatic carbocycles. The minimum atomic E-state index is -2.38. The summed E-state index contributed by atoms with van der Waals surface area (Å²) in [7, 11) is -2.38. The van der Waals surface area contributed by atoms with Crippen molar-refractivity contribution in [2.45, 2.75) is 20.4 Å². The Bertz CT molecular complexity index is 453. The number of furan rings is 1.